The van der Waals surface area contributed by atoms with Crippen molar-refractivity contribution in [3.8, 4) is 0 Å². The summed E-state index contributed by atoms with van der Waals surface area (Å²) in [6, 6.07) is 0.364. The molecule has 0 atom stereocenters. The summed E-state index contributed by atoms with van der Waals surface area (Å²) in [7, 11) is -3.32. The SMILES string of the molecule is CC(C)NCCCS(=O)(=O)Nc1nnns1. The van der Waals surface area contributed by atoms with E-state index in [0.29, 0.717) is 19.0 Å². The number of sulfonamides is 1. The van der Waals surface area contributed by atoms with Crippen molar-refractivity contribution in [1.82, 2.24) is 20.1 Å². The number of aromatic nitrogens is 3. The second-order valence-corrected chi connectivity index (χ2v) is 6.13. The molecule has 0 bridgehead atoms. The van der Waals surface area contributed by atoms with Gasteiger partial charge in [0.2, 0.25) is 15.2 Å². The van der Waals surface area contributed by atoms with Gasteiger partial charge < -0.3 is 5.32 Å². The molecule has 0 aromatic carbocycles. The fraction of sp³-hybridized carbons (Fsp3) is 0.857. The first-order valence-corrected chi connectivity index (χ1v) is 7.31. The monoisotopic (exact) mass is 265 g/mol. The molecular formula is C7H15N5O2S2. The summed E-state index contributed by atoms with van der Waals surface area (Å²) in [6.07, 6.45) is 0.555. The highest BCUT2D eigenvalue weighted by Crippen LogP contribution is 2.08. The van der Waals surface area contributed by atoms with Crippen LogP contribution >= 0.6 is 11.5 Å². The lowest BCUT2D eigenvalue weighted by Gasteiger charge is -2.08. The van der Waals surface area contributed by atoms with Crippen LogP contribution < -0.4 is 10.0 Å². The molecular weight excluding hydrogens is 250 g/mol. The average Bonchev–Trinajstić information content (AvgIpc) is 2.64. The van der Waals surface area contributed by atoms with Gasteiger partial charge in [-0.1, -0.05) is 23.4 Å². The molecule has 2 N–H and O–H groups in total. The zero-order valence-corrected chi connectivity index (χ0v) is 10.8. The van der Waals surface area contributed by atoms with Gasteiger partial charge in [0.05, 0.1) is 5.75 Å². The Morgan fingerprint density at radius 3 is 2.75 bits per heavy atom. The van der Waals surface area contributed by atoms with Gasteiger partial charge in [-0.05, 0) is 18.2 Å². The molecule has 9 heteroatoms. The average molecular weight is 265 g/mol. The van der Waals surface area contributed by atoms with Crippen LogP contribution in [0.4, 0.5) is 5.13 Å². The normalized spacial score (nSPS) is 11.9. The first-order chi connectivity index (χ1) is 7.49. The fourth-order valence-corrected chi connectivity index (χ4v) is 2.70. The smallest absolute Gasteiger partial charge is 0.238 e. The molecule has 16 heavy (non-hydrogen) atoms. The molecule has 0 unspecified atom stereocenters. The first kappa shape index (κ1) is 13.3. The maximum Gasteiger partial charge on any atom is 0.238 e. The third-order valence-electron chi connectivity index (χ3n) is 1.68. The summed E-state index contributed by atoms with van der Waals surface area (Å²) in [5.74, 6) is 0.0618. The number of nitrogens with one attached hydrogen (secondary N) is 2. The number of rotatable bonds is 7. The molecule has 0 fully saturated rings. The molecule has 0 amide bonds. The van der Waals surface area contributed by atoms with Crippen LogP contribution in [0.3, 0.4) is 0 Å². The predicted octanol–water partition coefficient (Wildman–Crippen LogP) is 0.0629. The quantitative estimate of drug-likeness (QED) is 0.677. The van der Waals surface area contributed by atoms with Crippen molar-refractivity contribution in [3.05, 3.63) is 0 Å². The molecule has 0 aliphatic carbocycles. The van der Waals surface area contributed by atoms with Crippen LogP contribution in [-0.4, -0.2) is 41.6 Å². The van der Waals surface area contributed by atoms with Crippen LogP contribution in [0.15, 0.2) is 0 Å². The van der Waals surface area contributed by atoms with E-state index in [9.17, 15) is 8.42 Å². The van der Waals surface area contributed by atoms with Crippen LogP contribution in [0, 0.1) is 0 Å². The van der Waals surface area contributed by atoms with Gasteiger partial charge in [0.15, 0.2) is 0 Å². The third-order valence-corrected chi connectivity index (χ3v) is 3.66. The van der Waals surface area contributed by atoms with Crippen LogP contribution in [0.2, 0.25) is 0 Å². The van der Waals surface area contributed by atoms with Gasteiger partial charge in [0.1, 0.15) is 0 Å². The summed E-state index contributed by atoms with van der Waals surface area (Å²) in [5, 5.41) is 10.2. The zero-order valence-electron chi connectivity index (χ0n) is 9.17. The topological polar surface area (TPSA) is 96.9 Å². The van der Waals surface area contributed by atoms with E-state index in [1.54, 1.807) is 0 Å². The first-order valence-electron chi connectivity index (χ1n) is 4.88. The molecule has 0 spiro atoms. The van der Waals surface area contributed by atoms with Gasteiger partial charge in [-0.3, -0.25) is 4.72 Å². The van der Waals surface area contributed by atoms with Crippen molar-refractivity contribution < 1.29 is 8.42 Å². The Labute approximate surface area is 98.9 Å². The molecule has 0 saturated heterocycles. The lowest BCUT2D eigenvalue weighted by Crippen LogP contribution is -2.26. The van der Waals surface area contributed by atoms with E-state index >= 15 is 0 Å². The Hall–Kier alpha value is -0.800. The highest BCUT2D eigenvalue weighted by atomic mass is 32.2. The molecule has 0 saturated carbocycles. The van der Waals surface area contributed by atoms with Crippen LogP contribution in [0.1, 0.15) is 20.3 Å². The Balaban J connectivity index is 2.30. The minimum atomic E-state index is -3.32. The van der Waals surface area contributed by atoms with E-state index in [-0.39, 0.29) is 10.9 Å². The standard InChI is InChI=1S/C7H15N5O2S2/c1-6(2)8-4-3-5-16(13,14)10-7-9-11-12-15-7/h6,8H,3-5H2,1-2H3,(H,9,10,12). The highest BCUT2D eigenvalue weighted by molar-refractivity contribution is 7.92. The second-order valence-electron chi connectivity index (χ2n) is 3.55. The zero-order chi connectivity index (χ0) is 12.0. The molecule has 92 valence electrons. The minimum absolute atomic E-state index is 0.0618. The van der Waals surface area contributed by atoms with Gasteiger partial charge in [0.25, 0.3) is 0 Å². The lowest BCUT2D eigenvalue weighted by atomic mass is 10.4. The number of nitrogens with zero attached hydrogens (tertiary/aromatic N) is 3. The molecule has 1 aromatic heterocycles. The highest BCUT2D eigenvalue weighted by Gasteiger charge is 2.12. The third kappa shape index (κ3) is 5.33. The van der Waals surface area contributed by atoms with E-state index in [2.05, 4.69) is 24.8 Å². The Kier molecular flexibility index (Phi) is 5.03. The Morgan fingerprint density at radius 2 is 2.19 bits per heavy atom. The van der Waals surface area contributed by atoms with Crippen molar-refractivity contribution in [2.45, 2.75) is 26.3 Å². The van der Waals surface area contributed by atoms with Gasteiger partial charge in [-0.2, -0.15) is 0 Å². The number of hydrogen-bond acceptors (Lipinski definition) is 7. The van der Waals surface area contributed by atoms with Crippen LogP contribution in [-0.2, 0) is 10.0 Å². The van der Waals surface area contributed by atoms with Crippen molar-refractivity contribution in [2.24, 2.45) is 0 Å². The summed E-state index contributed by atoms with van der Waals surface area (Å²) >= 11 is 0.916. The van der Waals surface area contributed by atoms with Crippen molar-refractivity contribution in [1.29, 1.82) is 0 Å². The lowest BCUT2D eigenvalue weighted by molar-refractivity contribution is 0.571. The maximum absolute atomic E-state index is 11.5. The number of hydrogen-bond donors (Lipinski definition) is 2. The largest absolute Gasteiger partial charge is 0.314 e. The molecule has 0 aliphatic heterocycles. The Morgan fingerprint density at radius 1 is 1.44 bits per heavy atom. The van der Waals surface area contributed by atoms with Gasteiger partial charge in [-0.25, -0.2) is 8.42 Å². The van der Waals surface area contributed by atoms with Crippen molar-refractivity contribution >= 4 is 26.7 Å². The summed E-state index contributed by atoms with van der Waals surface area (Å²) < 4.78 is 28.8. The predicted molar refractivity (Wildman–Crippen MR) is 62.9 cm³/mol. The van der Waals surface area contributed by atoms with E-state index < -0.39 is 10.0 Å². The summed E-state index contributed by atoms with van der Waals surface area (Å²) in [4.78, 5) is 0. The molecule has 1 heterocycles. The fourth-order valence-electron chi connectivity index (χ4n) is 1.01. The maximum atomic E-state index is 11.5. The second kappa shape index (κ2) is 6.06. The van der Waals surface area contributed by atoms with Crippen molar-refractivity contribution in [3.63, 3.8) is 0 Å². The molecule has 7 nitrogen and oxygen atoms in total. The molecule has 0 aliphatic rings. The van der Waals surface area contributed by atoms with Gasteiger partial charge in [0, 0.05) is 17.6 Å². The molecule has 1 rings (SSSR count). The summed E-state index contributed by atoms with van der Waals surface area (Å²) in [6.45, 7) is 4.70. The minimum Gasteiger partial charge on any atom is -0.314 e. The Bertz CT molecular complexity index is 389. The van der Waals surface area contributed by atoms with E-state index in [4.69, 9.17) is 0 Å². The van der Waals surface area contributed by atoms with Crippen molar-refractivity contribution in [2.75, 3.05) is 17.0 Å². The molecule has 1 aromatic rings. The number of anilines is 1. The van der Waals surface area contributed by atoms with Crippen LogP contribution in [0.25, 0.3) is 0 Å². The van der Waals surface area contributed by atoms with E-state index in [0.717, 1.165) is 11.5 Å². The van der Waals surface area contributed by atoms with Gasteiger partial charge >= 0.3 is 0 Å². The van der Waals surface area contributed by atoms with E-state index in [1.165, 1.54) is 0 Å². The van der Waals surface area contributed by atoms with Crippen LogP contribution in [0.5, 0.6) is 0 Å². The summed E-state index contributed by atoms with van der Waals surface area (Å²) in [5.41, 5.74) is 0. The van der Waals surface area contributed by atoms with Gasteiger partial charge in [-0.15, -0.1) is 0 Å². The molecule has 0 radical (unpaired) electrons. The van der Waals surface area contributed by atoms with E-state index in [1.807, 2.05) is 13.8 Å².